The molecule has 0 atom stereocenters. The maximum atomic E-state index is 12.9. The zero-order valence-electron chi connectivity index (χ0n) is 14.3. The van der Waals surface area contributed by atoms with Crippen molar-refractivity contribution in [2.45, 2.75) is 13.5 Å². The van der Waals surface area contributed by atoms with Crippen LogP contribution in [0.25, 0.3) is 0 Å². The summed E-state index contributed by atoms with van der Waals surface area (Å²) in [6, 6.07) is 5.64. The zero-order valence-corrected chi connectivity index (χ0v) is 15.9. The van der Waals surface area contributed by atoms with E-state index in [4.69, 9.17) is 4.74 Å². The van der Waals surface area contributed by atoms with Crippen molar-refractivity contribution in [3.8, 4) is 5.75 Å². The minimum absolute atomic E-state index is 0.161. The fourth-order valence-electron chi connectivity index (χ4n) is 2.08. The molecule has 0 aliphatic heterocycles. The summed E-state index contributed by atoms with van der Waals surface area (Å²) in [5.41, 5.74) is 0.556. The monoisotopic (exact) mass is 407 g/mol. The summed E-state index contributed by atoms with van der Waals surface area (Å²) in [4.78, 5) is 32.9. The molecule has 0 spiro atoms. The Labute approximate surface area is 161 Å². The van der Waals surface area contributed by atoms with Crippen molar-refractivity contribution in [3.63, 3.8) is 0 Å². The van der Waals surface area contributed by atoms with Crippen LogP contribution in [0.5, 0.6) is 5.75 Å². The van der Waals surface area contributed by atoms with Gasteiger partial charge >= 0.3 is 5.97 Å². The summed E-state index contributed by atoms with van der Waals surface area (Å²) < 4.78 is 23.1. The van der Waals surface area contributed by atoms with Crippen LogP contribution in [-0.2, 0) is 11.3 Å². The summed E-state index contributed by atoms with van der Waals surface area (Å²) in [7, 11) is 1.27. The molecule has 0 bridgehead atoms. The second kappa shape index (κ2) is 8.23. The molecule has 0 aliphatic rings. The fraction of sp³-hybridized carbons (Fsp3) is 0.176. The van der Waals surface area contributed by atoms with Gasteiger partial charge in [0.1, 0.15) is 32.9 Å². The summed E-state index contributed by atoms with van der Waals surface area (Å²) in [6.07, 6.45) is 1.34. The van der Waals surface area contributed by atoms with Gasteiger partial charge in [0.25, 0.3) is 5.91 Å². The molecule has 140 valence electrons. The normalized spacial score (nSPS) is 10.5. The lowest BCUT2D eigenvalue weighted by atomic mass is 10.3. The molecule has 27 heavy (non-hydrogen) atoms. The summed E-state index contributed by atoms with van der Waals surface area (Å²) in [5.74, 6) is -0.719. The number of nitrogens with one attached hydrogen (secondary N) is 1. The number of aryl methyl sites for hydroxylation is 1. The zero-order chi connectivity index (χ0) is 19.4. The predicted octanol–water partition coefficient (Wildman–Crippen LogP) is 3.67. The molecule has 0 unspecified atom stereocenters. The third-order valence-corrected chi connectivity index (χ3v) is 5.36. The minimum atomic E-state index is -0.512. The molecule has 7 nitrogen and oxygen atoms in total. The molecule has 0 fully saturated rings. The number of hydrogen-bond donors (Lipinski definition) is 1. The first-order valence-corrected chi connectivity index (χ1v) is 9.29. The molecule has 3 rings (SSSR count). The number of aromatic nitrogens is 2. The Morgan fingerprint density at radius 2 is 1.96 bits per heavy atom. The number of anilines is 1. The molecule has 0 saturated heterocycles. The van der Waals surface area contributed by atoms with E-state index in [-0.39, 0.29) is 23.5 Å². The van der Waals surface area contributed by atoms with E-state index >= 15 is 0 Å². The molecule has 2 heterocycles. The lowest BCUT2D eigenvalue weighted by Gasteiger charge is -2.03. The van der Waals surface area contributed by atoms with Crippen LogP contribution in [-0.4, -0.2) is 29.0 Å². The van der Waals surface area contributed by atoms with Gasteiger partial charge in [-0.2, -0.15) is 0 Å². The van der Waals surface area contributed by atoms with E-state index in [9.17, 15) is 14.0 Å². The molecular formula is C17H14FN3O4S2. The van der Waals surface area contributed by atoms with Gasteiger partial charge in [0.2, 0.25) is 0 Å². The van der Waals surface area contributed by atoms with Crippen molar-refractivity contribution < 1.29 is 23.5 Å². The highest BCUT2D eigenvalue weighted by Gasteiger charge is 2.18. The molecule has 1 aromatic carbocycles. The number of esters is 1. The van der Waals surface area contributed by atoms with Gasteiger partial charge in [-0.05, 0) is 31.2 Å². The van der Waals surface area contributed by atoms with Crippen LogP contribution in [0.15, 0.2) is 30.5 Å². The topological polar surface area (TPSA) is 90.4 Å². The van der Waals surface area contributed by atoms with Crippen LogP contribution in [0.3, 0.4) is 0 Å². The van der Waals surface area contributed by atoms with Gasteiger partial charge in [0.15, 0.2) is 5.13 Å². The van der Waals surface area contributed by atoms with Crippen molar-refractivity contribution in [1.29, 1.82) is 0 Å². The van der Waals surface area contributed by atoms with E-state index in [1.54, 1.807) is 6.92 Å². The Hall–Kier alpha value is -2.85. The standard InChI is InChI=1S/C17H14FN3O4S2/c1-9-14(15(22)21-17-19-7-12(26-17)16(23)24-2)27-13(20-9)8-25-11-5-3-10(18)4-6-11/h3-7H,8H2,1-2H3,(H,19,21,22). The van der Waals surface area contributed by atoms with E-state index in [0.717, 1.165) is 11.3 Å². The van der Waals surface area contributed by atoms with E-state index in [1.807, 2.05) is 0 Å². The van der Waals surface area contributed by atoms with Crippen LogP contribution in [0.4, 0.5) is 9.52 Å². The highest BCUT2D eigenvalue weighted by Crippen LogP contribution is 2.24. The lowest BCUT2D eigenvalue weighted by Crippen LogP contribution is -2.11. The Morgan fingerprint density at radius 3 is 2.67 bits per heavy atom. The number of amides is 1. The van der Waals surface area contributed by atoms with Gasteiger partial charge in [0, 0.05) is 0 Å². The number of nitrogens with zero attached hydrogens (tertiary/aromatic N) is 2. The number of ether oxygens (including phenoxy) is 2. The van der Waals surface area contributed by atoms with Crippen LogP contribution in [0.1, 0.15) is 30.0 Å². The number of rotatable bonds is 6. The van der Waals surface area contributed by atoms with Gasteiger partial charge in [-0.1, -0.05) is 11.3 Å². The van der Waals surface area contributed by atoms with E-state index in [2.05, 4.69) is 20.0 Å². The first-order chi connectivity index (χ1) is 13.0. The Kier molecular flexibility index (Phi) is 5.77. The number of carbonyl (C=O) groups is 2. The van der Waals surface area contributed by atoms with Gasteiger partial charge in [-0.25, -0.2) is 19.2 Å². The van der Waals surface area contributed by atoms with Gasteiger partial charge in [0.05, 0.1) is 19.0 Å². The Morgan fingerprint density at radius 1 is 1.22 bits per heavy atom. The molecule has 0 radical (unpaired) electrons. The number of carbonyl (C=O) groups excluding carboxylic acids is 2. The first-order valence-electron chi connectivity index (χ1n) is 7.66. The lowest BCUT2D eigenvalue weighted by molar-refractivity contribution is 0.0606. The molecule has 1 amide bonds. The smallest absolute Gasteiger partial charge is 0.349 e. The van der Waals surface area contributed by atoms with Gasteiger partial charge < -0.3 is 9.47 Å². The fourth-order valence-corrected chi connectivity index (χ4v) is 3.68. The summed E-state index contributed by atoms with van der Waals surface area (Å²) in [5, 5.41) is 3.54. The molecule has 10 heteroatoms. The van der Waals surface area contributed by atoms with Crippen LogP contribution in [0, 0.1) is 12.7 Å². The molecule has 1 N–H and O–H groups in total. The van der Waals surface area contributed by atoms with Crippen molar-refractivity contribution in [2.24, 2.45) is 0 Å². The summed E-state index contributed by atoms with van der Waals surface area (Å²) >= 11 is 2.21. The van der Waals surface area contributed by atoms with Crippen molar-refractivity contribution in [3.05, 3.63) is 56.7 Å². The van der Waals surface area contributed by atoms with E-state index in [1.165, 1.54) is 48.9 Å². The van der Waals surface area contributed by atoms with Crippen LogP contribution < -0.4 is 10.1 Å². The Balaban J connectivity index is 1.64. The van der Waals surface area contributed by atoms with E-state index in [0.29, 0.717) is 26.2 Å². The highest BCUT2D eigenvalue weighted by atomic mass is 32.1. The van der Waals surface area contributed by atoms with Crippen molar-refractivity contribution in [2.75, 3.05) is 12.4 Å². The Bertz CT molecular complexity index is 969. The third kappa shape index (κ3) is 4.66. The van der Waals surface area contributed by atoms with E-state index < -0.39 is 5.97 Å². The minimum Gasteiger partial charge on any atom is -0.486 e. The maximum Gasteiger partial charge on any atom is 0.349 e. The van der Waals surface area contributed by atoms with Crippen molar-refractivity contribution in [1.82, 2.24) is 9.97 Å². The third-order valence-electron chi connectivity index (χ3n) is 3.34. The number of methoxy groups -OCH3 is 1. The number of hydrogen-bond acceptors (Lipinski definition) is 8. The van der Waals surface area contributed by atoms with Gasteiger partial charge in [-0.3, -0.25) is 10.1 Å². The molecule has 0 aliphatic carbocycles. The molecule has 0 saturated carbocycles. The average molecular weight is 407 g/mol. The SMILES string of the molecule is COC(=O)c1cnc(NC(=O)c2sc(COc3ccc(F)cc3)nc2C)s1. The average Bonchev–Trinajstić information content (AvgIpc) is 3.27. The second-order valence-corrected chi connectivity index (χ2v) is 7.35. The van der Waals surface area contributed by atoms with Crippen molar-refractivity contribution >= 4 is 39.7 Å². The number of benzene rings is 1. The quantitative estimate of drug-likeness (QED) is 0.627. The van der Waals surface area contributed by atoms with Crippen LogP contribution in [0.2, 0.25) is 0 Å². The largest absolute Gasteiger partial charge is 0.486 e. The molecule has 2 aromatic heterocycles. The summed E-state index contributed by atoms with van der Waals surface area (Å²) in [6.45, 7) is 1.88. The molecular weight excluding hydrogens is 393 g/mol. The first kappa shape index (κ1) is 18.9. The molecule has 3 aromatic rings. The number of halogens is 1. The van der Waals surface area contributed by atoms with Crippen LogP contribution >= 0.6 is 22.7 Å². The predicted molar refractivity (Wildman–Crippen MR) is 99.0 cm³/mol. The number of thiazole rings is 2. The maximum absolute atomic E-state index is 12.9. The second-order valence-electron chi connectivity index (χ2n) is 5.24. The highest BCUT2D eigenvalue weighted by molar-refractivity contribution is 7.17. The van der Waals surface area contributed by atoms with Gasteiger partial charge in [-0.15, -0.1) is 11.3 Å².